The molecule has 0 amide bonds. The van der Waals surface area contributed by atoms with Gasteiger partial charge in [-0.15, -0.1) is 11.3 Å². The smallest absolute Gasteiger partial charge is 0.101 e. The Morgan fingerprint density at radius 2 is 2.21 bits per heavy atom. The van der Waals surface area contributed by atoms with Crippen LogP contribution in [0.2, 0.25) is 0 Å². The third-order valence-electron chi connectivity index (χ3n) is 3.52. The van der Waals surface area contributed by atoms with Crippen LogP contribution >= 0.6 is 11.3 Å². The fourth-order valence-electron chi connectivity index (χ4n) is 2.59. The van der Waals surface area contributed by atoms with Crippen LogP contribution in [0, 0.1) is 5.92 Å². The second-order valence-corrected chi connectivity index (χ2v) is 5.18. The van der Waals surface area contributed by atoms with Crippen molar-refractivity contribution in [3.8, 4) is 0 Å². The monoisotopic (exact) mass is 210 g/mol. The molecular weight excluding hydrogens is 192 g/mol. The lowest BCUT2D eigenvalue weighted by molar-refractivity contribution is -0.0222. The van der Waals surface area contributed by atoms with Crippen LogP contribution in [0.1, 0.15) is 43.9 Å². The van der Waals surface area contributed by atoms with Gasteiger partial charge in [-0.3, -0.25) is 0 Å². The van der Waals surface area contributed by atoms with Crippen LogP contribution in [0.15, 0.2) is 17.5 Å². The highest BCUT2D eigenvalue weighted by Gasteiger charge is 2.38. The van der Waals surface area contributed by atoms with Crippen molar-refractivity contribution in [2.75, 3.05) is 0 Å². The van der Waals surface area contributed by atoms with E-state index in [0.29, 0.717) is 5.92 Å². The van der Waals surface area contributed by atoms with Gasteiger partial charge in [0.15, 0.2) is 0 Å². The summed E-state index contributed by atoms with van der Waals surface area (Å²) in [5.41, 5.74) is -0.537. The van der Waals surface area contributed by atoms with Gasteiger partial charge in [-0.05, 0) is 36.6 Å². The van der Waals surface area contributed by atoms with Crippen molar-refractivity contribution in [3.05, 3.63) is 22.4 Å². The van der Waals surface area contributed by atoms with Gasteiger partial charge in [0, 0.05) is 4.88 Å². The quantitative estimate of drug-likeness (QED) is 0.809. The summed E-state index contributed by atoms with van der Waals surface area (Å²) in [6, 6.07) is 4.11. The average Bonchev–Trinajstić information content (AvgIpc) is 2.88. The van der Waals surface area contributed by atoms with Crippen molar-refractivity contribution in [2.24, 2.45) is 5.92 Å². The molecule has 1 aromatic rings. The first-order chi connectivity index (χ1) is 6.77. The molecule has 0 radical (unpaired) electrons. The van der Waals surface area contributed by atoms with E-state index >= 15 is 0 Å². The minimum Gasteiger partial charge on any atom is -0.384 e. The van der Waals surface area contributed by atoms with E-state index in [1.54, 1.807) is 11.3 Å². The van der Waals surface area contributed by atoms with E-state index in [-0.39, 0.29) is 0 Å². The van der Waals surface area contributed by atoms with Gasteiger partial charge in [-0.25, -0.2) is 0 Å². The molecule has 0 spiro atoms. The van der Waals surface area contributed by atoms with Gasteiger partial charge in [0.1, 0.15) is 5.60 Å². The lowest BCUT2D eigenvalue weighted by atomic mass is 9.82. The molecule has 0 bridgehead atoms. The van der Waals surface area contributed by atoms with Crippen molar-refractivity contribution >= 4 is 11.3 Å². The van der Waals surface area contributed by atoms with Crippen LogP contribution in [0.25, 0.3) is 0 Å². The van der Waals surface area contributed by atoms with Crippen molar-refractivity contribution in [1.29, 1.82) is 0 Å². The summed E-state index contributed by atoms with van der Waals surface area (Å²) in [4.78, 5) is 1.16. The first-order valence-electron chi connectivity index (χ1n) is 5.53. The molecule has 0 saturated heterocycles. The van der Waals surface area contributed by atoms with Gasteiger partial charge in [-0.2, -0.15) is 0 Å². The van der Waals surface area contributed by atoms with Crippen LogP contribution in [0.3, 0.4) is 0 Å². The summed E-state index contributed by atoms with van der Waals surface area (Å²) in [5, 5.41) is 12.8. The highest BCUT2D eigenvalue weighted by atomic mass is 32.1. The van der Waals surface area contributed by atoms with Crippen molar-refractivity contribution in [1.82, 2.24) is 0 Å². The topological polar surface area (TPSA) is 20.2 Å². The Labute approximate surface area is 89.8 Å². The van der Waals surface area contributed by atoms with Gasteiger partial charge < -0.3 is 5.11 Å². The maximum Gasteiger partial charge on any atom is 0.101 e. The van der Waals surface area contributed by atoms with Crippen LogP contribution in [0.4, 0.5) is 0 Å². The average molecular weight is 210 g/mol. The zero-order valence-electron chi connectivity index (χ0n) is 8.70. The van der Waals surface area contributed by atoms with Crippen LogP contribution in [0.5, 0.6) is 0 Å². The molecule has 1 unspecified atom stereocenters. The van der Waals surface area contributed by atoms with Gasteiger partial charge in [0.2, 0.25) is 0 Å². The molecule has 1 aliphatic rings. The fraction of sp³-hybridized carbons (Fsp3) is 0.667. The Morgan fingerprint density at radius 1 is 1.50 bits per heavy atom. The highest BCUT2D eigenvalue weighted by Crippen LogP contribution is 2.43. The van der Waals surface area contributed by atoms with Gasteiger partial charge >= 0.3 is 0 Å². The van der Waals surface area contributed by atoms with Crippen molar-refractivity contribution in [2.45, 2.75) is 44.6 Å². The number of hydrogen-bond acceptors (Lipinski definition) is 2. The third-order valence-corrected chi connectivity index (χ3v) is 4.55. The Hall–Kier alpha value is -0.340. The molecule has 78 valence electrons. The zero-order chi connectivity index (χ0) is 10.0. The summed E-state index contributed by atoms with van der Waals surface area (Å²) in [6.45, 7) is 2.10. The third kappa shape index (κ3) is 1.61. The molecule has 0 aromatic carbocycles. The molecule has 1 heterocycles. The molecule has 1 atom stereocenters. The summed E-state index contributed by atoms with van der Waals surface area (Å²) >= 11 is 1.69. The Balaban J connectivity index is 2.24. The first-order valence-corrected chi connectivity index (χ1v) is 6.41. The first kappa shape index (κ1) is 10.2. The normalized spacial score (nSPS) is 22.4. The van der Waals surface area contributed by atoms with Crippen LogP contribution in [-0.4, -0.2) is 5.11 Å². The summed E-state index contributed by atoms with van der Waals surface area (Å²) in [7, 11) is 0. The number of aliphatic hydroxyl groups is 1. The number of rotatable bonds is 3. The second kappa shape index (κ2) is 4.03. The lowest BCUT2D eigenvalue weighted by Crippen LogP contribution is -2.31. The minimum atomic E-state index is -0.537. The Morgan fingerprint density at radius 3 is 2.71 bits per heavy atom. The Kier molecular flexibility index (Phi) is 2.93. The predicted molar refractivity (Wildman–Crippen MR) is 60.5 cm³/mol. The summed E-state index contributed by atoms with van der Waals surface area (Å²) in [5.74, 6) is 0.492. The maximum atomic E-state index is 10.7. The van der Waals surface area contributed by atoms with Gasteiger partial charge in [0.25, 0.3) is 0 Å². The molecule has 1 aliphatic carbocycles. The summed E-state index contributed by atoms with van der Waals surface area (Å²) in [6.07, 6.45) is 5.82. The van der Waals surface area contributed by atoms with Crippen LogP contribution < -0.4 is 0 Å². The molecule has 2 rings (SSSR count). The second-order valence-electron chi connectivity index (χ2n) is 4.24. The molecule has 1 nitrogen and oxygen atoms in total. The lowest BCUT2D eigenvalue weighted by Gasteiger charge is -2.32. The SMILES string of the molecule is CCC(O)(c1cccs1)C1CCCC1. The maximum absolute atomic E-state index is 10.7. The molecule has 1 aromatic heterocycles. The van der Waals surface area contributed by atoms with Gasteiger partial charge in [-0.1, -0.05) is 25.8 Å². The summed E-state index contributed by atoms with van der Waals surface area (Å²) < 4.78 is 0. The Bertz CT molecular complexity index is 275. The molecule has 1 N–H and O–H groups in total. The molecule has 2 heteroatoms. The van der Waals surface area contributed by atoms with E-state index in [1.165, 1.54) is 25.7 Å². The molecular formula is C12H18OS. The number of hydrogen-bond donors (Lipinski definition) is 1. The van der Waals surface area contributed by atoms with E-state index in [0.717, 1.165) is 11.3 Å². The predicted octanol–water partition coefficient (Wildman–Crippen LogP) is 3.54. The van der Waals surface area contributed by atoms with Crippen molar-refractivity contribution in [3.63, 3.8) is 0 Å². The van der Waals surface area contributed by atoms with E-state index in [4.69, 9.17) is 0 Å². The molecule has 0 aliphatic heterocycles. The largest absolute Gasteiger partial charge is 0.384 e. The molecule has 1 fully saturated rings. The van der Waals surface area contributed by atoms with E-state index in [2.05, 4.69) is 18.4 Å². The van der Waals surface area contributed by atoms with Crippen molar-refractivity contribution < 1.29 is 5.11 Å². The highest BCUT2D eigenvalue weighted by molar-refractivity contribution is 7.10. The zero-order valence-corrected chi connectivity index (χ0v) is 9.52. The van der Waals surface area contributed by atoms with E-state index < -0.39 is 5.60 Å². The number of thiophene rings is 1. The van der Waals surface area contributed by atoms with E-state index in [1.807, 2.05) is 6.07 Å². The van der Waals surface area contributed by atoms with Gasteiger partial charge in [0.05, 0.1) is 0 Å². The molecule has 1 saturated carbocycles. The fourth-order valence-corrected chi connectivity index (χ4v) is 3.57. The molecule has 14 heavy (non-hydrogen) atoms. The standard InChI is InChI=1S/C12H18OS/c1-2-12(13,10-6-3-4-7-10)11-8-5-9-14-11/h5,8-10,13H,2-4,6-7H2,1H3. The minimum absolute atomic E-state index is 0.492. The van der Waals surface area contributed by atoms with Crippen LogP contribution in [-0.2, 0) is 5.60 Å². The van der Waals surface area contributed by atoms with E-state index in [9.17, 15) is 5.11 Å².